The van der Waals surface area contributed by atoms with E-state index in [1.165, 1.54) is 116 Å². The Bertz CT molecular complexity index is 989. The Morgan fingerprint density at radius 1 is 0.607 bits per heavy atom. The lowest BCUT2D eigenvalue weighted by Crippen LogP contribution is -2.59. The first kappa shape index (κ1) is 50.6. The van der Waals surface area contributed by atoms with Gasteiger partial charge in [-0.3, -0.25) is 9.59 Å². The molecule has 2 unspecified atom stereocenters. The summed E-state index contributed by atoms with van der Waals surface area (Å²) < 4.78 is 22.2. The zero-order valence-electron chi connectivity index (χ0n) is 35.6. The zero-order valence-corrected chi connectivity index (χ0v) is 35.6. The predicted octanol–water partition coefficient (Wildman–Crippen LogP) is 9.41. The number of carbonyl (C=O) groups is 2. The number of hydrogen-bond donors (Lipinski definition) is 4. The van der Waals surface area contributed by atoms with Crippen LogP contribution in [-0.2, 0) is 28.5 Å². The van der Waals surface area contributed by atoms with E-state index in [0.29, 0.717) is 6.42 Å². The molecule has 0 aromatic heterocycles. The number of aliphatic hydroxyl groups excluding tert-OH is 4. The van der Waals surface area contributed by atoms with E-state index in [0.717, 1.165) is 63.2 Å². The van der Waals surface area contributed by atoms with Crippen molar-refractivity contribution in [2.24, 2.45) is 11.8 Å². The minimum absolute atomic E-state index is 0.213. The molecule has 10 heteroatoms. The molecule has 56 heavy (non-hydrogen) atoms. The average molecular weight is 797 g/mol. The van der Waals surface area contributed by atoms with Crippen LogP contribution in [0.2, 0.25) is 0 Å². The van der Waals surface area contributed by atoms with Crippen molar-refractivity contribution in [2.75, 3.05) is 19.8 Å². The summed E-state index contributed by atoms with van der Waals surface area (Å²) in [5.74, 6) is 1.11. The monoisotopic (exact) mass is 797 g/mol. The lowest BCUT2D eigenvalue weighted by atomic mass is 9.99. The second-order valence-electron chi connectivity index (χ2n) is 16.8. The highest BCUT2D eigenvalue weighted by atomic mass is 16.7. The van der Waals surface area contributed by atoms with Crippen molar-refractivity contribution in [3.05, 3.63) is 12.2 Å². The van der Waals surface area contributed by atoms with E-state index < -0.39 is 49.4 Å². The number of aliphatic hydroxyl groups is 4. The number of rotatable bonds is 37. The van der Waals surface area contributed by atoms with Gasteiger partial charge in [0.2, 0.25) is 0 Å². The third kappa shape index (κ3) is 24.4. The third-order valence-electron chi connectivity index (χ3n) is 11.6. The molecule has 0 bridgehead atoms. The average Bonchev–Trinajstić information content (AvgIpc) is 3.95. The van der Waals surface area contributed by atoms with E-state index in [9.17, 15) is 30.0 Å². The van der Waals surface area contributed by atoms with Crippen molar-refractivity contribution in [3.63, 3.8) is 0 Å². The van der Waals surface area contributed by atoms with Crippen molar-refractivity contribution < 1.29 is 49.0 Å². The molecule has 2 rings (SSSR count). The van der Waals surface area contributed by atoms with Gasteiger partial charge in [-0.1, -0.05) is 154 Å². The first-order valence-electron chi connectivity index (χ1n) is 23.2. The van der Waals surface area contributed by atoms with Gasteiger partial charge in [0.15, 0.2) is 12.4 Å². The molecule has 2 aliphatic rings. The van der Waals surface area contributed by atoms with Crippen LogP contribution >= 0.6 is 0 Å². The summed E-state index contributed by atoms with van der Waals surface area (Å²) in [6.07, 6.45) is 29.8. The molecule has 0 radical (unpaired) electrons. The minimum Gasteiger partial charge on any atom is -0.462 e. The van der Waals surface area contributed by atoms with Crippen molar-refractivity contribution in [1.82, 2.24) is 0 Å². The maximum atomic E-state index is 12.8. The highest BCUT2D eigenvalue weighted by molar-refractivity contribution is 5.70. The Morgan fingerprint density at radius 2 is 1.09 bits per heavy atom. The quantitative estimate of drug-likeness (QED) is 0.0272. The minimum atomic E-state index is -1.59. The Hall–Kier alpha value is -1.56. The standard InChI is InChI=1S/C46H84O10/c1-3-5-7-9-11-12-13-14-15-16-17-18-19-23-28-32-42(49)55-39(36-54-46-45(52)44(51)43(50)40(34-47)56-46)35-53-41(48)31-27-24-20-22-26-30-38-33-37(38)29-25-21-10-8-6-4-2/h14-15,37-40,43-47,50-52H,3-13,16-36H2,1-2H3/b15-14-/t37?,38?,39-,40-,43-,44+,45-,46+/m1/s1. The van der Waals surface area contributed by atoms with Crippen LogP contribution in [0.4, 0.5) is 0 Å². The molecule has 10 nitrogen and oxygen atoms in total. The molecule has 4 N–H and O–H groups in total. The van der Waals surface area contributed by atoms with E-state index in [2.05, 4.69) is 26.0 Å². The van der Waals surface area contributed by atoms with Crippen LogP contribution in [0.3, 0.4) is 0 Å². The Labute approximate surface area is 340 Å². The molecule has 1 saturated carbocycles. The van der Waals surface area contributed by atoms with Gasteiger partial charge in [-0.15, -0.1) is 0 Å². The molecule has 1 aliphatic carbocycles. The van der Waals surface area contributed by atoms with Gasteiger partial charge >= 0.3 is 11.9 Å². The lowest BCUT2D eigenvalue weighted by molar-refractivity contribution is -0.305. The molecule has 1 heterocycles. The number of ether oxygens (including phenoxy) is 4. The number of unbranched alkanes of at least 4 members (excludes halogenated alkanes) is 20. The van der Waals surface area contributed by atoms with Gasteiger partial charge in [0, 0.05) is 12.8 Å². The number of allylic oxidation sites excluding steroid dienone is 2. The van der Waals surface area contributed by atoms with Crippen LogP contribution in [0.5, 0.6) is 0 Å². The second kappa shape index (κ2) is 33.3. The molecule has 8 atom stereocenters. The van der Waals surface area contributed by atoms with Gasteiger partial charge in [-0.2, -0.15) is 0 Å². The first-order chi connectivity index (χ1) is 27.3. The van der Waals surface area contributed by atoms with E-state index in [-0.39, 0.29) is 32.0 Å². The van der Waals surface area contributed by atoms with Gasteiger partial charge in [0.1, 0.15) is 31.0 Å². The van der Waals surface area contributed by atoms with Crippen LogP contribution in [0, 0.1) is 11.8 Å². The molecule has 0 aromatic rings. The fourth-order valence-corrected chi connectivity index (χ4v) is 7.78. The van der Waals surface area contributed by atoms with Crippen LogP contribution in [-0.4, -0.2) is 89.0 Å². The number of carbonyl (C=O) groups excluding carboxylic acids is 2. The molecule has 328 valence electrons. The molecule has 1 saturated heterocycles. The largest absolute Gasteiger partial charge is 0.462 e. The SMILES string of the molecule is CCCCCCCC/C=C\CCCCCCCC(=O)O[C@H](COC(=O)CCCCCCCC1CC1CCCCCCCC)CO[C@H]1O[C@H](CO)[C@@H](O)[C@H](O)[C@H]1O. The predicted molar refractivity (Wildman–Crippen MR) is 222 cm³/mol. The summed E-state index contributed by atoms with van der Waals surface area (Å²) in [6, 6.07) is 0. The zero-order chi connectivity index (χ0) is 40.6. The van der Waals surface area contributed by atoms with Gasteiger partial charge in [-0.05, 0) is 56.8 Å². The first-order valence-corrected chi connectivity index (χ1v) is 23.2. The molecule has 0 aromatic carbocycles. The number of esters is 2. The summed E-state index contributed by atoms with van der Waals surface area (Å²) in [5, 5.41) is 40.1. The smallest absolute Gasteiger partial charge is 0.306 e. The Kier molecular flexibility index (Phi) is 30.1. The third-order valence-corrected chi connectivity index (χ3v) is 11.6. The summed E-state index contributed by atoms with van der Waals surface area (Å²) in [4.78, 5) is 25.4. The van der Waals surface area contributed by atoms with Crippen molar-refractivity contribution in [2.45, 2.75) is 237 Å². The molecule has 2 fully saturated rings. The van der Waals surface area contributed by atoms with Crippen LogP contribution in [0.1, 0.15) is 200 Å². The molecule has 1 aliphatic heterocycles. The van der Waals surface area contributed by atoms with Crippen molar-refractivity contribution in [3.8, 4) is 0 Å². The fraction of sp³-hybridized carbons (Fsp3) is 0.913. The van der Waals surface area contributed by atoms with Crippen LogP contribution in [0.25, 0.3) is 0 Å². The topological polar surface area (TPSA) is 152 Å². The normalized spacial score (nSPS) is 24.1. The van der Waals surface area contributed by atoms with E-state index >= 15 is 0 Å². The highest BCUT2D eigenvalue weighted by Crippen LogP contribution is 2.45. The van der Waals surface area contributed by atoms with Crippen molar-refractivity contribution >= 4 is 11.9 Å². The summed E-state index contributed by atoms with van der Waals surface area (Å²) >= 11 is 0. The van der Waals surface area contributed by atoms with Crippen LogP contribution in [0.15, 0.2) is 12.2 Å². The maximum Gasteiger partial charge on any atom is 0.306 e. The van der Waals surface area contributed by atoms with E-state index in [4.69, 9.17) is 18.9 Å². The molecule has 0 spiro atoms. The van der Waals surface area contributed by atoms with Gasteiger partial charge in [0.25, 0.3) is 0 Å². The van der Waals surface area contributed by atoms with Gasteiger partial charge < -0.3 is 39.4 Å². The van der Waals surface area contributed by atoms with E-state index in [1.807, 2.05) is 0 Å². The summed E-state index contributed by atoms with van der Waals surface area (Å²) in [5.41, 5.74) is 0. The fourth-order valence-electron chi connectivity index (χ4n) is 7.78. The Morgan fingerprint density at radius 3 is 1.62 bits per heavy atom. The van der Waals surface area contributed by atoms with Gasteiger partial charge in [0.05, 0.1) is 13.2 Å². The highest BCUT2D eigenvalue weighted by Gasteiger charge is 2.44. The maximum absolute atomic E-state index is 12.8. The van der Waals surface area contributed by atoms with Gasteiger partial charge in [-0.25, -0.2) is 0 Å². The lowest BCUT2D eigenvalue weighted by Gasteiger charge is -2.39. The molecular formula is C46H84O10. The van der Waals surface area contributed by atoms with E-state index in [1.54, 1.807) is 0 Å². The van der Waals surface area contributed by atoms with Crippen LogP contribution < -0.4 is 0 Å². The summed E-state index contributed by atoms with van der Waals surface area (Å²) in [7, 11) is 0. The molecule has 0 amide bonds. The second-order valence-corrected chi connectivity index (χ2v) is 16.8. The molecular weight excluding hydrogens is 712 g/mol. The Balaban J connectivity index is 1.62. The number of hydrogen-bond acceptors (Lipinski definition) is 10. The van der Waals surface area contributed by atoms with Crippen molar-refractivity contribution in [1.29, 1.82) is 0 Å². The summed E-state index contributed by atoms with van der Waals surface area (Å²) in [6.45, 7) is 3.44.